The van der Waals surface area contributed by atoms with Gasteiger partial charge in [-0.25, -0.2) is 0 Å². The average molecular weight is 559 g/mol. The Kier molecular flexibility index (Phi) is 6.64. The molecule has 2 spiro atoms. The number of aliphatic hydroxyl groups excluding tert-OH is 1. The van der Waals surface area contributed by atoms with Crippen LogP contribution < -0.4 is 0 Å². The molecule has 1 heterocycles. The maximum absolute atomic E-state index is 12.3. The normalized spacial score (nSPS) is 53.7. The molecule has 0 aromatic heterocycles. The first-order valence-corrected chi connectivity index (χ1v) is 16.4. The fraction of sp³-hybridized carbons (Fsp3) is 0.941. The second-order valence-corrected chi connectivity index (χ2v) is 15.9. The molecule has 0 radical (unpaired) electrons. The second kappa shape index (κ2) is 9.18. The van der Waals surface area contributed by atoms with Gasteiger partial charge in [0.1, 0.15) is 6.10 Å². The predicted octanol–water partition coefficient (Wildman–Crippen LogP) is 6.32. The van der Waals surface area contributed by atoms with E-state index in [1.54, 1.807) is 0 Å². The number of carbonyl (C=O) groups is 2. The van der Waals surface area contributed by atoms with Gasteiger partial charge in [-0.3, -0.25) is 9.59 Å². The van der Waals surface area contributed by atoms with Crippen molar-refractivity contribution in [3.8, 4) is 0 Å². The molecule has 13 atom stereocenters. The lowest BCUT2D eigenvalue weighted by molar-refractivity contribution is -0.193. The van der Waals surface area contributed by atoms with E-state index in [1.807, 2.05) is 6.92 Å². The summed E-state index contributed by atoms with van der Waals surface area (Å²) in [6, 6.07) is 0. The first-order valence-electron chi connectivity index (χ1n) is 16.4. The van der Waals surface area contributed by atoms with Crippen molar-refractivity contribution in [1.82, 2.24) is 0 Å². The summed E-state index contributed by atoms with van der Waals surface area (Å²) in [5.74, 6) is 2.14. The average Bonchev–Trinajstić information content (AvgIpc) is 3.36. The van der Waals surface area contributed by atoms with Gasteiger partial charge in [0.2, 0.25) is 0 Å². The van der Waals surface area contributed by atoms with Gasteiger partial charge >= 0.3 is 11.9 Å². The van der Waals surface area contributed by atoms with E-state index < -0.39 is 6.10 Å². The third-order valence-corrected chi connectivity index (χ3v) is 14.8. The van der Waals surface area contributed by atoms with Crippen LogP contribution in [0.5, 0.6) is 0 Å². The quantitative estimate of drug-likeness (QED) is 0.398. The van der Waals surface area contributed by atoms with Crippen molar-refractivity contribution in [2.24, 2.45) is 56.7 Å². The first-order chi connectivity index (χ1) is 18.7. The van der Waals surface area contributed by atoms with Crippen molar-refractivity contribution in [3.63, 3.8) is 0 Å². The number of aliphatic hydroxyl groups is 1. The highest BCUT2D eigenvalue weighted by Gasteiger charge is 2.88. The summed E-state index contributed by atoms with van der Waals surface area (Å²) in [6.07, 6.45) is 8.27. The highest BCUT2D eigenvalue weighted by Crippen LogP contribution is 2.91. The maximum Gasteiger partial charge on any atom is 0.305 e. The van der Waals surface area contributed by atoms with Gasteiger partial charge in [-0.1, -0.05) is 48.5 Å². The monoisotopic (exact) mass is 558 g/mol. The van der Waals surface area contributed by atoms with Gasteiger partial charge in [0.05, 0.1) is 24.9 Å². The summed E-state index contributed by atoms with van der Waals surface area (Å²) in [5.41, 5.74) is 0.340. The molecule has 40 heavy (non-hydrogen) atoms. The fourth-order valence-corrected chi connectivity index (χ4v) is 13.1. The fourth-order valence-electron chi connectivity index (χ4n) is 13.1. The Hall–Kier alpha value is -1.14. The molecule has 0 amide bonds. The number of esters is 2. The summed E-state index contributed by atoms with van der Waals surface area (Å²) >= 11 is 0. The van der Waals surface area contributed by atoms with E-state index in [0.29, 0.717) is 49.0 Å². The minimum atomic E-state index is -0.486. The number of rotatable bonds is 5. The highest BCUT2D eigenvalue weighted by atomic mass is 16.5. The molecule has 1 aliphatic heterocycles. The van der Waals surface area contributed by atoms with Gasteiger partial charge < -0.3 is 19.3 Å². The standard InChI is InChI=1S/C34H54O6/c1-9-26(36)40-25-12-14-33-20(3)34(33)16-15-31(7)27-19(2)18-22(13-17-38-21(4)35)39-28(27)29(37)32(31,8)24(34)11-10-23(33)30(25,5)6/h19-20,22-25,27-29,37H,9-18H2,1-8H3. The smallest absolute Gasteiger partial charge is 0.305 e. The number of carbonyl (C=O) groups excluding carboxylic acids is 2. The molecule has 5 aliphatic carbocycles. The Bertz CT molecular complexity index is 1060. The van der Waals surface area contributed by atoms with E-state index in [-0.39, 0.29) is 57.3 Å². The van der Waals surface area contributed by atoms with Crippen LogP contribution in [0, 0.1) is 56.7 Å². The molecule has 13 unspecified atom stereocenters. The lowest BCUT2D eigenvalue weighted by Crippen LogP contribution is -2.60. The van der Waals surface area contributed by atoms with E-state index in [4.69, 9.17) is 14.2 Å². The molecule has 1 saturated heterocycles. The minimum Gasteiger partial charge on any atom is -0.466 e. The van der Waals surface area contributed by atoms with Crippen LogP contribution in [0.1, 0.15) is 113 Å². The summed E-state index contributed by atoms with van der Waals surface area (Å²) in [4.78, 5) is 23.7. The van der Waals surface area contributed by atoms with Crippen LogP contribution in [-0.2, 0) is 23.8 Å². The Morgan fingerprint density at radius 2 is 1.65 bits per heavy atom. The molecule has 6 heteroatoms. The van der Waals surface area contributed by atoms with Crippen LogP contribution in [-0.4, -0.2) is 48.1 Å². The summed E-state index contributed by atoms with van der Waals surface area (Å²) in [6.45, 7) is 18.3. The van der Waals surface area contributed by atoms with Gasteiger partial charge in [0, 0.05) is 30.6 Å². The SMILES string of the molecule is CCC(=O)OC1CCC23C(CCC4C5(C)C(O)C6OC(CCOC(C)=O)CC(C)C6C5(C)CCC42C3C)C1(C)C. The molecule has 0 bridgehead atoms. The largest absolute Gasteiger partial charge is 0.466 e. The molecular weight excluding hydrogens is 504 g/mol. The molecule has 1 N–H and O–H groups in total. The lowest BCUT2D eigenvalue weighted by atomic mass is 9.41. The van der Waals surface area contributed by atoms with Crippen molar-refractivity contribution in [3.05, 3.63) is 0 Å². The summed E-state index contributed by atoms with van der Waals surface area (Å²) < 4.78 is 18.1. The van der Waals surface area contributed by atoms with Crippen LogP contribution >= 0.6 is 0 Å². The van der Waals surface area contributed by atoms with Crippen molar-refractivity contribution < 1.29 is 28.9 Å². The summed E-state index contributed by atoms with van der Waals surface area (Å²) in [7, 11) is 0. The molecule has 0 aromatic rings. The van der Waals surface area contributed by atoms with Crippen LogP contribution in [0.2, 0.25) is 0 Å². The zero-order valence-corrected chi connectivity index (χ0v) is 26.3. The third-order valence-electron chi connectivity index (χ3n) is 14.8. The Labute approximate surface area is 241 Å². The van der Waals surface area contributed by atoms with E-state index >= 15 is 0 Å². The summed E-state index contributed by atoms with van der Waals surface area (Å²) in [5, 5.41) is 12.3. The van der Waals surface area contributed by atoms with Gasteiger partial charge in [-0.05, 0) is 90.8 Å². The van der Waals surface area contributed by atoms with Crippen LogP contribution in [0.3, 0.4) is 0 Å². The number of fused-ring (bicyclic) bond motifs is 4. The van der Waals surface area contributed by atoms with Crippen LogP contribution in [0.15, 0.2) is 0 Å². The van der Waals surface area contributed by atoms with Crippen molar-refractivity contribution in [2.45, 2.75) is 138 Å². The van der Waals surface area contributed by atoms with Crippen molar-refractivity contribution >= 4 is 11.9 Å². The maximum atomic E-state index is 12.3. The molecule has 226 valence electrons. The van der Waals surface area contributed by atoms with Crippen LogP contribution in [0.25, 0.3) is 0 Å². The zero-order valence-electron chi connectivity index (χ0n) is 26.3. The zero-order chi connectivity index (χ0) is 29.0. The van der Waals surface area contributed by atoms with Gasteiger partial charge in [-0.2, -0.15) is 0 Å². The van der Waals surface area contributed by atoms with Crippen molar-refractivity contribution in [2.75, 3.05) is 6.61 Å². The van der Waals surface area contributed by atoms with Gasteiger partial charge in [0.25, 0.3) is 0 Å². The molecule has 6 nitrogen and oxygen atoms in total. The number of hydrogen-bond acceptors (Lipinski definition) is 6. The third kappa shape index (κ3) is 3.36. The molecule has 6 aliphatic rings. The number of ether oxygens (including phenoxy) is 3. The molecule has 5 saturated carbocycles. The Morgan fingerprint density at radius 1 is 0.975 bits per heavy atom. The van der Waals surface area contributed by atoms with Crippen molar-refractivity contribution in [1.29, 1.82) is 0 Å². The molecule has 6 fully saturated rings. The molecule has 6 rings (SSSR count). The molecule has 0 aromatic carbocycles. The Balaban J connectivity index is 1.30. The topological polar surface area (TPSA) is 82.1 Å². The van der Waals surface area contributed by atoms with E-state index in [2.05, 4.69) is 41.5 Å². The van der Waals surface area contributed by atoms with Gasteiger partial charge in [0.15, 0.2) is 0 Å². The van der Waals surface area contributed by atoms with Crippen LogP contribution in [0.4, 0.5) is 0 Å². The van der Waals surface area contributed by atoms with E-state index in [0.717, 1.165) is 38.5 Å². The first kappa shape index (κ1) is 29.0. The molecular formula is C34H54O6. The van der Waals surface area contributed by atoms with E-state index in [1.165, 1.54) is 13.3 Å². The number of hydrogen-bond donors (Lipinski definition) is 1. The minimum absolute atomic E-state index is 0.000442. The second-order valence-electron chi connectivity index (χ2n) is 15.9. The predicted molar refractivity (Wildman–Crippen MR) is 152 cm³/mol. The van der Waals surface area contributed by atoms with E-state index in [9.17, 15) is 14.7 Å². The van der Waals surface area contributed by atoms with Gasteiger partial charge in [-0.15, -0.1) is 0 Å². The lowest BCUT2D eigenvalue weighted by Gasteiger charge is -2.63. The highest BCUT2D eigenvalue weighted by molar-refractivity contribution is 5.69. The Morgan fingerprint density at radius 3 is 2.33 bits per heavy atom.